The Hall–Kier alpha value is -5.78. The van der Waals surface area contributed by atoms with Gasteiger partial charge in [-0.25, -0.2) is 8.78 Å². The fraction of sp³-hybridized carbons (Fsp3) is 0.176. The number of hydrogen-bond acceptors (Lipinski definition) is 7. The predicted molar refractivity (Wildman–Crippen MR) is 166 cm³/mol. The molecule has 0 spiro atoms. The molecule has 0 unspecified atom stereocenters. The van der Waals surface area contributed by atoms with Gasteiger partial charge in [-0.1, -0.05) is 12.1 Å². The zero-order valence-corrected chi connectivity index (χ0v) is 24.8. The second-order valence-electron chi connectivity index (χ2n) is 10.7. The van der Waals surface area contributed by atoms with Crippen LogP contribution in [0, 0.1) is 11.6 Å². The summed E-state index contributed by atoms with van der Waals surface area (Å²) >= 11 is 0. The summed E-state index contributed by atoms with van der Waals surface area (Å²) in [7, 11) is 2.98. The van der Waals surface area contributed by atoms with Crippen molar-refractivity contribution in [3.63, 3.8) is 0 Å². The summed E-state index contributed by atoms with van der Waals surface area (Å²) in [6, 6.07) is 13.3. The molecule has 0 bridgehead atoms. The van der Waals surface area contributed by atoms with Gasteiger partial charge in [0.2, 0.25) is 5.43 Å². The first-order chi connectivity index (χ1) is 22.1. The number of ether oxygens (including phenoxy) is 3. The number of methoxy groups -OCH3 is 2. The maximum atomic E-state index is 15.9. The molecule has 1 aliphatic carbocycles. The Morgan fingerprint density at radius 1 is 0.848 bits per heavy atom. The Bertz CT molecular complexity index is 2090. The number of carbonyl (C=O) groups excluding carboxylic acids is 2. The quantitative estimate of drug-likeness (QED) is 0.212. The molecule has 0 aliphatic heterocycles. The van der Waals surface area contributed by atoms with Gasteiger partial charge in [0.1, 0.15) is 22.8 Å². The van der Waals surface area contributed by atoms with E-state index in [1.165, 1.54) is 49.2 Å². The van der Waals surface area contributed by atoms with Gasteiger partial charge in [-0.2, -0.15) is 0 Å². The van der Waals surface area contributed by atoms with E-state index >= 15 is 4.39 Å². The molecule has 46 heavy (non-hydrogen) atoms. The Balaban J connectivity index is 1.53. The van der Waals surface area contributed by atoms with Crippen LogP contribution in [0.3, 0.4) is 0 Å². The largest absolute Gasteiger partial charge is 0.493 e. The third-order valence-electron chi connectivity index (χ3n) is 8.09. The van der Waals surface area contributed by atoms with Crippen molar-refractivity contribution in [1.29, 1.82) is 0 Å². The fourth-order valence-corrected chi connectivity index (χ4v) is 5.73. The lowest BCUT2D eigenvalue weighted by Crippen LogP contribution is -2.36. The molecule has 6 rings (SSSR count). The van der Waals surface area contributed by atoms with E-state index < -0.39 is 34.4 Å². The summed E-state index contributed by atoms with van der Waals surface area (Å²) in [6.07, 6.45) is 3.51. The first-order valence-corrected chi connectivity index (χ1v) is 14.3. The molecule has 10 nitrogen and oxygen atoms in total. The first kappa shape index (κ1) is 30.3. The minimum absolute atomic E-state index is 0.0431. The van der Waals surface area contributed by atoms with E-state index in [1.54, 1.807) is 18.2 Å². The molecule has 1 aliphatic rings. The van der Waals surface area contributed by atoms with Crippen LogP contribution in [-0.4, -0.2) is 35.6 Å². The monoisotopic (exact) mass is 626 g/mol. The zero-order valence-electron chi connectivity index (χ0n) is 24.8. The van der Waals surface area contributed by atoms with Crippen molar-refractivity contribution in [3.05, 3.63) is 100.0 Å². The number of hydrogen-bond donors (Lipinski definition) is 2. The van der Waals surface area contributed by atoms with E-state index in [2.05, 4.69) is 4.98 Å². The summed E-state index contributed by atoms with van der Waals surface area (Å²) in [4.78, 5) is 44.2. The minimum Gasteiger partial charge on any atom is -0.493 e. The lowest BCUT2D eigenvalue weighted by atomic mass is 9.88. The standard InChI is InChI=1S/C34H28F2N4O6/c1-44-26-15-21-23(16-27(26)45-2)39-13-12-24(21)46-25-11-8-18(14-22(25)36)30-29(33(37)42)32(41)28(17-6-9-19(35)10-7-17)31(34(38)43)40(30)20-4-3-5-20/h6-16,20H,3-5H2,1-2H3,(H2,37,42)(H2,38,43). The van der Waals surface area contributed by atoms with Crippen molar-refractivity contribution in [2.45, 2.75) is 25.3 Å². The van der Waals surface area contributed by atoms with E-state index in [0.29, 0.717) is 35.2 Å². The summed E-state index contributed by atoms with van der Waals surface area (Å²) in [5.41, 5.74) is 10.7. The number of fused-ring (bicyclic) bond motifs is 1. The maximum Gasteiger partial charge on any atom is 0.266 e. The maximum absolute atomic E-state index is 15.9. The van der Waals surface area contributed by atoms with Crippen molar-refractivity contribution in [3.8, 4) is 45.4 Å². The number of aromatic nitrogens is 2. The molecule has 4 N–H and O–H groups in total. The fourth-order valence-electron chi connectivity index (χ4n) is 5.73. The number of rotatable bonds is 9. The van der Waals surface area contributed by atoms with Crippen LogP contribution in [-0.2, 0) is 0 Å². The highest BCUT2D eigenvalue weighted by atomic mass is 19.1. The zero-order chi connectivity index (χ0) is 32.7. The van der Waals surface area contributed by atoms with Gasteiger partial charge in [0.05, 0.1) is 31.0 Å². The van der Waals surface area contributed by atoms with Crippen molar-refractivity contribution >= 4 is 22.7 Å². The van der Waals surface area contributed by atoms with Crippen molar-refractivity contribution in [1.82, 2.24) is 9.55 Å². The smallest absolute Gasteiger partial charge is 0.266 e. The summed E-state index contributed by atoms with van der Waals surface area (Å²) in [6.45, 7) is 0. The molecule has 12 heteroatoms. The second kappa shape index (κ2) is 12.0. The van der Waals surface area contributed by atoms with Crippen LogP contribution in [0.2, 0.25) is 0 Å². The molecule has 3 aromatic carbocycles. The third-order valence-corrected chi connectivity index (χ3v) is 8.09. The second-order valence-corrected chi connectivity index (χ2v) is 10.7. The molecular weight excluding hydrogens is 598 g/mol. The molecule has 0 atom stereocenters. The Morgan fingerprint density at radius 3 is 2.11 bits per heavy atom. The average Bonchev–Trinajstić information content (AvgIpc) is 3.01. The number of primary amides is 2. The highest BCUT2D eigenvalue weighted by Crippen LogP contribution is 2.42. The molecule has 0 radical (unpaired) electrons. The summed E-state index contributed by atoms with van der Waals surface area (Å²) < 4.78 is 47.8. The van der Waals surface area contributed by atoms with E-state index in [1.807, 2.05) is 0 Å². The third kappa shape index (κ3) is 5.17. The van der Waals surface area contributed by atoms with Crippen LogP contribution in [0.25, 0.3) is 33.3 Å². The number of carbonyl (C=O) groups is 2. The van der Waals surface area contributed by atoms with Crippen LogP contribution in [0.15, 0.2) is 71.7 Å². The van der Waals surface area contributed by atoms with E-state index in [0.717, 1.165) is 24.6 Å². The molecule has 1 fully saturated rings. The molecular formula is C34H28F2N4O6. The lowest BCUT2D eigenvalue weighted by Gasteiger charge is -2.34. The summed E-state index contributed by atoms with van der Waals surface area (Å²) in [5.74, 6) is -2.42. The number of pyridine rings is 2. The van der Waals surface area contributed by atoms with Gasteiger partial charge in [0.15, 0.2) is 23.1 Å². The normalized spacial score (nSPS) is 12.9. The number of nitrogens with two attached hydrogens (primary N) is 2. The highest BCUT2D eigenvalue weighted by molar-refractivity contribution is 6.05. The van der Waals surface area contributed by atoms with Crippen LogP contribution in [0.1, 0.15) is 46.2 Å². The van der Waals surface area contributed by atoms with Gasteiger partial charge in [-0.3, -0.25) is 19.4 Å². The predicted octanol–water partition coefficient (Wildman–Crippen LogP) is 5.74. The molecule has 2 amide bonds. The van der Waals surface area contributed by atoms with Crippen molar-refractivity contribution in [2.24, 2.45) is 11.5 Å². The average molecular weight is 627 g/mol. The Kier molecular flexibility index (Phi) is 7.86. The topological polar surface area (TPSA) is 149 Å². The molecule has 5 aromatic rings. The van der Waals surface area contributed by atoms with E-state index in [9.17, 15) is 18.8 Å². The van der Waals surface area contributed by atoms with Crippen LogP contribution in [0.5, 0.6) is 23.0 Å². The van der Waals surface area contributed by atoms with Gasteiger partial charge in [0, 0.05) is 29.3 Å². The SMILES string of the molecule is COc1cc2nccc(Oc3ccc(-c4c(C(N)=O)c(=O)c(-c5ccc(F)cc5)c(C(N)=O)n4C4CCC4)cc3F)c2cc1OC. The van der Waals surface area contributed by atoms with Crippen molar-refractivity contribution < 1.29 is 32.6 Å². The number of amides is 2. The number of benzene rings is 3. The van der Waals surface area contributed by atoms with Gasteiger partial charge in [-0.15, -0.1) is 0 Å². The highest BCUT2D eigenvalue weighted by Gasteiger charge is 2.34. The lowest BCUT2D eigenvalue weighted by molar-refractivity contribution is 0.0975. The Labute approximate surface area is 261 Å². The molecule has 2 aromatic heterocycles. The van der Waals surface area contributed by atoms with Crippen LogP contribution < -0.4 is 31.1 Å². The summed E-state index contributed by atoms with van der Waals surface area (Å²) in [5, 5.41) is 0.529. The van der Waals surface area contributed by atoms with Gasteiger partial charge in [0.25, 0.3) is 11.8 Å². The van der Waals surface area contributed by atoms with Gasteiger partial charge < -0.3 is 30.2 Å². The molecule has 234 valence electrons. The van der Waals surface area contributed by atoms with E-state index in [-0.39, 0.29) is 45.6 Å². The van der Waals surface area contributed by atoms with E-state index in [4.69, 9.17) is 25.7 Å². The molecule has 0 saturated heterocycles. The number of nitrogens with zero attached hydrogens (tertiary/aromatic N) is 2. The van der Waals surface area contributed by atoms with Crippen LogP contribution in [0.4, 0.5) is 8.78 Å². The van der Waals surface area contributed by atoms with Gasteiger partial charge >= 0.3 is 0 Å². The van der Waals surface area contributed by atoms with Gasteiger partial charge in [-0.05, 0) is 67.3 Å². The Morgan fingerprint density at radius 2 is 1.52 bits per heavy atom. The number of halogens is 2. The first-order valence-electron chi connectivity index (χ1n) is 14.3. The molecule has 2 heterocycles. The molecule has 1 saturated carbocycles. The van der Waals surface area contributed by atoms with Crippen molar-refractivity contribution in [2.75, 3.05) is 14.2 Å². The minimum atomic E-state index is -1.08. The van der Waals surface area contributed by atoms with Crippen LogP contribution >= 0.6 is 0 Å².